The van der Waals surface area contributed by atoms with Gasteiger partial charge in [-0.1, -0.05) is 38.0 Å². The fraction of sp³-hybridized carbons (Fsp3) is 0.611. The normalized spacial score (nSPS) is 18.7. The molecule has 2 N–H and O–H groups in total. The second-order valence-corrected chi connectivity index (χ2v) is 8.63. The minimum atomic E-state index is -3.50. The van der Waals surface area contributed by atoms with Crippen LogP contribution >= 0.6 is 0 Å². The smallest absolute Gasteiger partial charge is 0.319 e. The molecule has 0 radical (unpaired) electrons. The lowest BCUT2D eigenvalue weighted by Gasteiger charge is -2.37. The molecule has 0 saturated carbocycles. The fourth-order valence-corrected chi connectivity index (χ4v) is 4.70. The van der Waals surface area contributed by atoms with Gasteiger partial charge in [-0.15, -0.1) is 0 Å². The maximum Gasteiger partial charge on any atom is 0.319 e. The summed E-state index contributed by atoms with van der Waals surface area (Å²) >= 11 is 0. The van der Waals surface area contributed by atoms with E-state index in [1.165, 1.54) is 4.31 Å². The van der Waals surface area contributed by atoms with Crippen LogP contribution in [-0.2, 0) is 10.2 Å². The first-order valence-electron chi connectivity index (χ1n) is 9.28. The summed E-state index contributed by atoms with van der Waals surface area (Å²) in [6.07, 6.45) is 4.37. The molecule has 26 heavy (non-hydrogen) atoms. The molecule has 1 fully saturated rings. The average Bonchev–Trinajstić information content (AvgIpc) is 2.65. The van der Waals surface area contributed by atoms with Gasteiger partial charge in [0.1, 0.15) is 0 Å². The van der Waals surface area contributed by atoms with Gasteiger partial charge in [0.15, 0.2) is 0 Å². The molecule has 1 heterocycles. The lowest BCUT2D eigenvalue weighted by atomic mass is 10.1. The summed E-state index contributed by atoms with van der Waals surface area (Å²) in [5.74, 6) is 0. The van der Waals surface area contributed by atoms with Crippen LogP contribution in [0.4, 0.5) is 10.5 Å². The van der Waals surface area contributed by atoms with Gasteiger partial charge in [-0.05, 0) is 31.4 Å². The van der Waals surface area contributed by atoms with Crippen molar-refractivity contribution in [3.05, 3.63) is 30.3 Å². The zero-order chi connectivity index (χ0) is 19.0. The summed E-state index contributed by atoms with van der Waals surface area (Å²) in [6, 6.07) is 8.65. The minimum Gasteiger partial charge on any atom is -0.336 e. The lowest BCUT2D eigenvalue weighted by Crippen LogP contribution is -2.53. The number of benzene rings is 1. The molecule has 1 unspecified atom stereocenters. The lowest BCUT2D eigenvalue weighted by molar-refractivity contribution is 0.222. The Balaban J connectivity index is 1.94. The summed E-state index contributed by atoms with van der Waals surface area (Å²) in [6.45, 7) is 3.37. The molecule has 1 aliphatic heterocycles. The molecule has 1 atom stereocenters. The maximum absolute atomic E-state index is 12.9. The predicted octanol–water partition coefficient (Wildman–Crippen LogP) is 2.64. The van der Waals surface area contributed by atoms with E-state index in [-0.39, 0.29) is 12.1 Å². The van der Waals surface area contributed by atoms with Crippen molar-refractivity contribution < 1.29 is 13.2 Å². The van der Waals surface area contributed by atoms with Crippen LogP contribution in [0.25, 0.3) is 0 Å². The summed E-state index contributed by atoms with van der Waals surface area (Å²) < 4.78 is 28.7. The third-order valence-corrected chi connectivity index (χ3v) is 6.66. The molecule has 2 rings (SSSR count). The number of carbonyl (C=O) groups is 1. The monoisotopic (exact) mass is 382 g/mol. The number of para-hydroxylation sites is 1. The van der Waals surface area contributed by atoms with E-state index in [0.717, 1.165) is 32.1 Å². The van der Waals surface area contributed by atoms with Crippen LogP contribution in [0.5, 0.6) is 0 Å². The van der Waals surface area contributed by atoms with Crippen molar-refractivity contribution in [1.29, 1.82) is 0 Å². The van der Waals surface area contributed by atoms with Gasteiger partial charge in [0.25, 0.3) is 10.2 Å². The predicted molar refractivity (Wildman–Crippen MR) is 104 cm³/mol. The van der Waals surface area contributed by atoms with Gasteiger partial charge >= 0.3 is 6.03 Å². The van der Waals surface area contributed by atoms with Crippen molar-refractivity contribution >= 4 is 21.9 Å². The van der Waals surface area contributed by atoms with Crippen molar-refractivity contribution in [2.45, 2.75) is 45.1 Å². The summed E-state index contributed by atoms with van der Waals surface area (Å²) in [7, 11) is -1.86. The van der Waals surface area contributed by atoms with Crippen LogP contribution in [0, 0.1) is 0 Å². The SMILES string of the molecule is CCCCN(C)S(=O)(=O)N1CCCCC1CNC(=O)Nc1ccccc1. The Labute approximate surface area is 156 Å². The van der Waals surface area contributed by atoms with Gasteiger partial charge in [0.2, 0.25) is 0 Å². The van der Waals surface area contributed by atoms with Gasteiger partial charge in [0, 0.05) is 38.4 Å². The summed E-state index contributed by atoms with van der Waals surface area (Å²) in [5.41, 5.74) is 0.706. The quantitative estimate of drug-likeness (QED) is 0.725. The maximum atomic E-state index is 12.9. The molecule has 1 aromatic carbocycles. The number of unbranched alkanes of at least 4 members (excludes halogenated alkanes) is 1. The Morgan fingerprint density at radius 1 is 1.27 bits per heavy atom. The molecule has 0 aliphatic carbocycles. The molecule has 8 heteroatoms. The molecular weight excluding hydrogens is 352 g/mol. The molecule has 1 aliphatic rings. The first-order chi connectivity index (χ1) is 12.4. The number of nitrogens with one attached hydrogen (secondary N) is 2. The molecule has 2 amide bonds. The number of nitrogens with zero attached hydrogens (tertiary/aromatic N) is 2. The first-order valence-corrected chi connectivity index (χ1v) is 10.7. The molecule has 0 spiro atoms. The van der Waals surface area contributed by atoms with E-state index in [1.54, 1.807) is 23.5 Å². The van der Waals surface area contributed by atoms with Crippen LogP contribution in [0.15, 0.2) is 30.3 Å². The highest BCUT2D eigenvalue weighted by Gasteiger charge is 2.34. The Morgan fingerprint density at radius 3 is 2.69 bits per heavy atom. The third-order valence-electron chi connectivity index (χ3n) is 4.62. The topological polar surface area (TPSA) is 81.8 Å². The Kier molecular flexibility index (Phi) is 7.86. The minimum absolute atomic E-state index is 0.209. The van der Waals surface area contributed by atoms with E-state index in [4.69, 9.17) is 0 Å². The van der Waals surface area contributed by atoms with E-state index in [9.17, 15) is 13.2 Å². The van der Waals surface area contributed by atoms with Crippen molar-refractivity contribution in [3.63, 3.8) is 0 Å². The second kappa shape index (κ2) is 9.89. The third kappa shape index (κ3) is 5.69. The largest absolute Gasteiger partial charge is 0.336 e. The van der Waals surface area contributed by atoms with E-state index in [1.807, 2.05) is 25.1 Å². The van der Waals surface area contributed by atoms with Gasteiger partial charge in [-0.25, -0.2) is 4.79 Å². The number of rotatable bonds is 8. The number of amides is 2. The molecule has 1 aromatic rings. The van der Waals surface area contributed by atoms with Gasteiger partial charge in [-0.2, -0.15) is 17.0 Å². The van der Waals surface area contributed by atoms with Gasteiger partial charge in [-0.3, -0.25) is 0 Å². The molecule has 0 aromatic heterocycles. The number of hydrogen-bond acceptors (Lipinski definition) is 3. The Hall–Kier alpha value is -1.64. The van der Waals surface area contributed by atoms with Crippen LogP contribution in [0.3, 0.4) is 0 Å². The van der Waals surface area contributed by atoms with Crippen LogP contribution < -0.4 is 10.6 Å². The van der Waals surface area contributed by atoms with Crippen LogP contribution in [0.2, 0.25) is 0 Å². The second-order valence-electron chi connectivity index (χ2n) is 6.64. The highest BCUT2D eigenvalue weighted by molar-refractivity contribution is 7.86. The van der Waals surface area contributed by atoms with Crippen molar-refractivity contribution in [1.82, 2.24) is 13.9 Å². The van der Waals surface area contributed by atoms with E-state index >= 15 is 0 Å². The zero-order valence-corrected chi connectivity index (χ0v) is 16.5. The Bertz CT molecular complexity index is 666. The standard InChI is InChI=1S/C18H30N4O3S/c1-3-4-13-21(2)26(24,25)22-14-9-8-12-17(22)15-19-18(23)20-16-10-6-5-7-11-16/h5-7,10-11,17H,3-4,8-9,12-15H2,1-2H3,(H2,19,20,23). The van der Waals surface area contributed by atoms with Gasteiger partial charge in [0.05, 0.1) is 0 Å². The summed E-state index contributed by atoms with van der Waals surface area (Å²) in [5, 5.41) is 5.57. The molecule has 1 saturated heterocycles. The van der Waals surface area contributed by atoms with Gasteiger partial charge < -0.3 is 10.6 Å². The number of urea groups is 1. The van der Waals surface area contributed by atoms with E-state index in [2.05, 4.69) is 10.6 Å². The number of carbonyl (C=O) groups excluding carboxylic acids is 1. The van der Waals surface area contributed by atoms with Crippen LogP contribution in [-0.4, -0.2) is 55.8 Å². The molecular formula is C18H30N4O3S. The molecule has 0 bridgehead atoms. The average molecular weight is 383 g/mol. The highest BCUT2D eigenvalue weighted by atomic mass is 32.2. The number of hydrogen-bond donors (Lipinski definition) is 2. The molecule has 7 nitrogen and oxygen atoms in total. The van der Waals surface area contributed by atoms with E-state index < -0.39 is 10.2 Å². The number of anilines is 1. The first kappa shape index (κ1) is 20.7. The van der Waals surface area contributed by atoms with E-state index in [0.29, 0.717) is 25.3 Å². The fourth-order valence-electron chi connectivity index (χ4n) is 3.06. The highest BCUT2D eigenvalue weighted by Crippen LogP contribution is 2.22. The van der Waals surface area contributed by atoms with Crippen molar-refractivity contribution in [2.24, 2.45) is 0 Å². The Morgan fingerprint density at radius 2 is 2.00 bits per heavy atom. The van der Waals surface area contributed by atoms with Crippen molar-refractivity contribution in [3.8, 4) is 0 Å². The molecule has 146 valence electrons. The van der Waals surface area contributed by atoms with Crippen LogP contribution in [0.1, 0.15) is 39.0 Å². The van der Waals surface area contributed by atoms with Crippen molar-refractivity contribution in [2.75, 3.05) is 32.0 Å². The summed E-state index contributed by atoms with van der Waals surface area (Å²) in [4.78, 5) is 12.1. The number of piperidine rings is 1. The zero-order valence-electron chi connectivity index (χ0n) is 15.6.